The Hall–Kier alpha value is -1.34. The molecular weight excluding hydrogens is 328 g/mol. The molecule has 7 heteroatoms. The molecule has 0 saturated carbocycles. The van der Waals surface area contributed by atoms with Crippen LogP contribution in [0.1, 0.15) is 18.9 Å². The average molecular weight is 343 g/mol. The van der Waals surface area contributed by atoms with Gasteiger partial charge in [0.2, 0.25) is 4.77 Å². The van der Waals surface area contributed by atoms with Crippen LogP contribution in [-0.4, -0.2) is 21.5 Å². The van der Waals surface area contributed by atoms with Crippen molar-refractivity contribution in [1.82, 2.24) is 14.9 Å². The second-order valence-corrected chi connectivity index (χ2v) is 5.27. The Labute approximate surface area is 125 Å². The highest BCUT2D eigenvalue weighted by Gasteiger charge is 2.05. The van der Waals surface area contributed by atoms with E-state index in [2.05, 4.69) is 38.5 Å². The molecule has 0 aliphatic rings. The maximum Gasteiger partial charge on any atom is 0.214 e. The van der Waals surface area contributed by atoms with E-state index in [1.54, 1.807) is 11.0 Å². The van der Waals surface area contributed by atoms with Gasteiger partial charge < -0.3 is 10.2 Å². The van der Waals surface area contributed by atoms with E-state index in [1.807, 2.05) is 18.2 Å². The van der Waals surface area contributed by atoms with Crippen molar-refractivity contribution in [2.24, 2.45) is 0 Å². The van der Waals surface area contributed by atoms with Gasteiger partial charge in [-0.15, -0.1) is 0 Å². The standard InChI is InChI=1S/C12H15BrN4OS/c1-2-5-18-11-4-3-10(13)6-9(11)7-15-17-8-14-16-12(17)19/h3-4,6,8,15H,2,5,7H2,1H3,(H,16,19). The zero-order chi connectivity index (χ0) is 13.7. The molecule has 0 saturated heterocycles. The first-order valence-corrected chi connectivity index (χ1v) is 7.18. The lowest BCUT2D eigenvalue weighted by Crippen LogP contribution is -2.14. The van der Waals surface area contributed by atoms with Crippen LogP contribution < -0.4 is 10.2 Å². The molecule has 0 unspecified atom stereocenters. The van der Waals surface area contributed by atoms with E-state index in [0.717, 1.165) is 22.2 Å². The zero-order valence-electron chi connectivity index (χ0n) is 10.5. The molecule has 1 heterocycles. The van der Waals surface area contributed by atoms with Crippen LogP contribution in [0.5, 0.6) is 5.75 Å². The molecule has 0 spiro atoms. The number of aromatic amines is 1. The maximum absolute atomic E-state index is 5.72. The van der Waals surface area contributed by atoms with Gasteiger partial charge in [-0.1, -0.05) is 22.9 Å². The minimum atomic E-state index is 0.533. The lowest BCUT2D eigenvalue weighted by molar-refractivity contribution is 0.314. The number of H-pyrrole nitrogens is 1. The van der Waals surface area contributed by atoms with Crippen molar-refractivity contribution in [2.75, 3.05) is 12.0 Å². The summed E-state index contributed by atoms with van der Waals surface area (Å²) in [6, 6.07) is 5.96. The molecule has 2 N–H and O–H groups in total. The fraction of sp³-hybridized carbons (Fsp3) is 0.333. The van der Waals surface area contributed by atoms with Gasteiger partial charge in [0.15, 0.2) is 0 Å². The fourth-order valence-electron chi connectivity index (χ4n) is 1.57. The highest BCUT2D eigenvalue weighted by molar-refractivity contribution is 9.10. The minimum absolute atomic E-state index is 0.533. The Kier molecular flexibility index (Phi) is 4.98. The van der Waals surface area contributed by atoms with Crippen molar-refractivity contribution in [3.05, 3.63) is 39.3 Å². The molecule has 0 bridgehead atoms. The summed E-state index contributed by atoms with van der Waals surface area (Å²) in [6.45, 7) is 3.40. The Balaban J connectivity index is 2.11. The number of nitrogens with zero attached hydrogens (tertiary/aromatic N) is 2. The first-order valence-electron chi connectivity index (χ1n) is 5.98. The van der Waals surface area contributed by atoms with Crippen LogP contribution in [0.2, 0.25) is 0 Å². The number of halogens is 1. The molecule has 102 valence electrons. The van der Waals surface area contributed by atoms with E-state index in [1.165, 1.54) is 0 Å². The minimum Gasteiger partial charge on any atom is -0.493 e. The first kappa shape index (κ1) is 14.1. The summed E-state index contributed by atoms with van der Waals surface area (Å²) in [4.78, 5) is 0. The van der Waals surface area contributed by atoms with Crippen LogP contribution in [0.4, 0.5) is 0 Å². The number of ether oxygens (including phenoxy) is 1. The van der Waals surface area contributed by atoms with Gasteiger partial charge >= 0.3 is 0 Å². The highest BCUT2D eigenvalue weighted by Crippen LogP contribution is 2.23. The highest BCUT2D eigenvalue weighted by atomic mass is 79.9. The third-order valence-electron chi connectivity index (χ3n) is 2.48. The van der Waals surface area contributed by atoms with E-state index in [0.29, 0.717) is 17.9 Å². The lowest BCUT2D eigenvalue weighted by Gasteiger charge is -2.13. The summed E-state index contributed by atoms with van der Waals surface area (Å²) in [5, 5.41) is 6.54. The van der Waals surface area contributed by atoms with Gasteiger partial charge in [-0.25, -0.2) is 4.68 Å². The molecule has 2 aromatic rings. The molecule has 1 aromatic heterocycles. The van der Waals surface area contributed by atoms with Crippen molar-refractivity contribution in [1.29, 1.82) is 0 Å². The Morgan fingerprint density at radius 3 is 3.05 bits per heavy atom. The van der Waals surface area contributed by atoms with Gasteiger partial charge in [-0.2, -0.15) is 5.10 Å². The fourth-order valence-corrected chi connectivity index (χ4v) is 2.14. The van der Waals surface area contributed by atoms with E-state index >= 15 is 0 Å². The topological polar surface area (TPSA) is 54.9 Å². The summed E-state index contributed by atoms with van der Waals surface area (Å²) in [5.74, 6) is 0.882. The number of benzene rings is 1. The molecule has 1 aromatic carbocycles. The summed E-state index contributed by atoms with van der Waals surface area (Å²) < 4.78 is 8.94. The third kappa shape index (κ3) is 3.81. The van der Waals surface area contributed by atoms with Crippen molar-refractivity contribution in [3.8, 4) is 5.75 Å². The largest absolute Gasteiger partial charge is 0.493 e. The van der Waals surface area contributed by atoms with Gasteiger partial charge in [-0.05, 0) is 36.8 Å². The van der Waals surface area contributed by atoms with Crippen LogP contribution >= 0.6 is 28.1 Å². The van der Waals surface area contributed by atoms with Gasteiger partial charge in [0, 0.05) is 10.0 Å². The normalized spacial score (nSPS) is 10.4. The van der Waals surface area contributed by atoms with Crippen LogP contribution in [0.3, 0.4) is 0 Å². The van der Waals surface area contributed by atoms with Gasteiger partial charge in [0.05, 0.1) is 13.2 Å². The average Bonchev–Trinajstić information content (AvgIpc) is 2.81. The van der Waals surface area contributed by atoms with E-state index in [-0.39, 0.29) is 0 Å². The molecule has 0 fully saturated rings. The van der Waals surface area contributed by atoms with Crippen molar-refractivity contribution < 1.29 is 4.74 Å². The third-order valence-corrected chi connectivity index (χ3v) is 3.26. The number of aromatic nitrogens is 3. The number of rotatable bonds is 6. The quantitative estimate of drug-likeness (QED) is 0.791. The molecule has 0 amide bonds. The predicted molar refractivity (Wildman–Crippen MR) is 80.4 cm³/mol. The molecule has 0 radical (unpaired) electrons. The molecular formula is C12H15BrN4OS. The van der Waals surface area contributed by atoms with Crippen LogP contribution in [0.15, 0.2) is 29.0 Å². The molecule has 5 nitrogen and oxygen atoms in total. The maximum atomic E-state index is 5.72. The Morgan fingerprint density at radius 1 is 1.53 bits per heavy atom. The molecule has 19 heavy (non-hydrogen) atoms. The molecule has 0 aliphatic heterocycles. The van der Waals surface area contributed by atoms with Crippen LogP contribution in [0, 0.1) is 4.77 Å². The summed E-state index contributed by atoms with van der Waals surface area (Å²) in [6.07, 6.45) is 2.59. The SMILES string of the molecule is CCCOc1ccc(Br)cc1CNn1cn[nH]c1=S. The van der Waals surface area contributed by atoms with Gasteiger partial charge in [-0.3, -0.25) is 5.10 Å². The van der Waals surface area contributed by atoms with Gasteiger partial charge in [0.1, 0.15) is 12.1 Å². The molecule has 0 aliphatic carbocycles. The van der Waals surface area contributed by atoms with Crippen molar-refractivity contribution in [3.63, 3.8) is 0 Å². The molecule has 0 atom stereocenters. The van der Waals surface area contributed by atoms with E-state index in [4.69, 9.17) is 17.0 Å². The monoisotopic (exact) mass is 342 g/mol. The zero-order valence-corrected chi connectivity index (χ0v) is 12.9. The number of nitrogens with one attached hydrogen (secondary N) is 2. The van der Waals surface area contributed by atoms with Gasteiger partial charge in [0.25, 0.3) is 0 Å². The molecule has 2 rings (SSSR count). The van der Waals surface area contributed by atoms with Crippen LogP contribution in [0.25, 0.3) is 0 Å². The lowest BCUT2D eigenvalue weighted by atomic mass is 10.2. The number of hydrogen-bond donors (Lipinski definition) is 2. The summed E-state index contributed by atoms with van der Waals surface area (Å²) in [7, 11) is 0. The smallest absolute Gasteiger partial charge is 0.214 e. The summed E-state index contributed by atoms with van der Waals surface area (Å²) >= 11 is 8.54. The van der Waals surface area contributed by atoms with Crippen molar-refractivity contribution >= 4 is 28.1 Å². The summed E-state index contributed by atoms with van der Waals surface area (Å²) in [5.41, 5.74) is 4.23. The van der Waals surface area contributed by atoms with Crippen LogP contribution in [-0.2, 0) is 6.54 Å². The second kappa shape index (κ2) is 6.72. The van der Waals surface area contributed by atoms with E-state index in [9.17, 15) is 0 Å². The Bertz CT molecular complexity index is 595. The van der Waals surface area contributed by atoms with E-state index < -0.39 is 0 Å². The Morgan fingerprint density at radius 2 is 2.37 bits per heavy atom. The van der Waals surface area contributed by atoms with Crippen molar-refractivity contribution in [2.45, 2.75) is 19.9 Å². The second-order valence-electron chi connectivity index (χ2n) is 3.97. The predicted octanol–water partition coefficient (Wildman–Crippen LogP) is 3.24. The number of hydrogen-bond acceptors (Lipinski definition) is 4. The first-order chi connectivity index (χ1) is 9.20.